The van der Waals surface area contributed by atoms with Gasteiger partial charge in [0.05, 0.1) is 6.61 Å². The first-order valence-corrected chi connectivity index (χ1v) is 4.93. The van der Waals surface area contributed by atoms with Crippen molar-refractivity contribution < 1.29 is 18.3 Å². The molecule has 0 aliphatic heterocycles. The Morgan fingerprint density at radius 2 is 2.15 bits per heavy atom. The number of phenolic OH excluding ortho intramolecular Hbond substituents is 1. The molecule has 4 nitrogen and oxygen atoms in total. The number of hydrogen-bond donors (Lipinski definition) is 2. The smallest absolute Gasteiger partial charge is 0.179 e. The maximum Gasteiger partial charge on any atom is 0.179 e. The summed E-state index contributed by atoms with van der Waals surface area (Å²) in [7, 11) is -2.73. The largest absolute Gasteiger partial charge is 0.504 e. The molecular weight excluding hydrogens is 192 g/mol. The minimum absolute atomic E-state index is 0.0110. The average molecular weight is 202 g/mol. The number of ether oxygens (including phenoxy) is 1. The summed E-state index contributed by atoms with van der Waals surface area (Å²) >= 11 is 0. The zero-order valence-electron chi connectivity index (χ0n) is 7.06. The lowest BCUT2D eigenvalue weighted by Gasteiger charge is -2.06. The van der Waals surface area contributed by atoms with Gasteiger partial charge in [-0.15, -0.1) is 0 Å². The molecule has 0 spiro atoms. The van der Waals surface area contributed by atoms with E-state index in [1.165, 1.54) is 18.2 Å². The van der Waals surface area contributed by atoms with E-state index in [1.54, 1.807) is 6.92 Å². The SMILES string of the molecule is CCOc1c(O)cccc1[SH](=O)=O. The summed E-state index contributed by atoms with van der Waals surface area (Å²) in [6.07, 6.45) is 0. The molecule has 0 aromatic heterocycles. The van der Waals surface area contributed by atoms with Crippen LogP contribution in [0, 0.1) is 0 Å². The Labute approximate surface area is 77.7 Å². The Hall–Kier alpha value is -1.23. The van der Waals surface area contributed by atoms with Crippen molar-refractivity contribution in [2.45, 2.75) is 11.8 Å². The third-order valence-corrected chi connectivity index (χ3v) is 2.20. The van der Waals surface area contributed by atoms with E-state index in [2.05, 4.69) is 0 Å². The number of para-hydroxylation sites is 1. The Kier molecular flexibility index (Phi) is 3.13. The van der Waals surface area contributed by atoms with Gasteiger partial charge in [0.15, 0.2) is 22.2 Å². The highest BCUT2D eigenvalue weighted by atomic mass is 32.2. The van der Waals surface area contributed by atoms with Gasteiger partial charge in [-0.05, 0) is 19.1 Å². The molecule has 0 atom stereocenters. The van der Waals surface area contributed by atoms with Crippen LogP contribution in [0.25, 0.3) is 0 Å². The molecule has 0 aliphatic carbocycles. The Balaban J connectivity index is 3.25. The first-order chi connectivity index (χ1) is 6.16. The molecule has 0 aliphatic rings. The van der Waals surface area contributed by atoms with Crippen LogP contribution in [0.4, 0.5) is 0 Å². The molecule has 0 amide bonds. The lowest BCUT2D eigenvalue weighted by molar-refractivity contribution is 0.309. The number of rotatable bonds is 3. The molecule has 0 bridgehead atoms. The zero-order chi connectivity index (χ0) is 9.84. The molecule has 13 heavy (non-hydrogen) atoms. The standard InChI is InChI=1S/C8H10O4S/c1-2-12-8-6(9)4-3-5-7(8)13(10)11/h3-5,9,13H,2H2,1H3. The summed E-state index contributed by atoms with van der Waals surface area (Å²) < 4.78 is 26.4. The van der Waals surface area contributed by atoms with Gasteiger partial charge in [0.1, 0.15) is 4.90 Å². The zero-order valence-corrected chi connectivity index (χ0v) is 7.95. The molecule has 0 radical (unpaired) electrons. The van der Waals surface area contributed by atoms with Gasteiger partial charge in [0.2, 0.25) is 0 Å². The van der Waals surface area contributed by atoms with E-state index in [4.69, 9.17) is 4.74 Å². The van der Waals surface area contributed by atoms with Crippen molar-refractivity contribution in [2.75, 3.05) is 6.61 Å². The van der Waals surface area contributed by atoms with E-state index >= 15 is 0 Å². The van der Waals surface area contributed by atoms with Gasteiger partial charge in [-0.2, -0.15) is 0 Å². The molecule has 0 unspecified atom stereocenters. The van der Waals surface area contributed by atoms with Crippen LogP contribution in [-0.4, -0.2) is 20.1 Å². The third-order valence-electron chi connectivity index (χ3n) is 1.46. The second kappa shape index (κ2) is 4.13. The van der Waals surface area contributed by atoms with Crippen molar-refractivity contribution in [1.82, 2.24) is 0 Å². The fraction of sp³-hybridized carbons (Fsp3) is 0.250. The van der Waals surface area contributed by atoms with Crippen LogP contribution < -0.4 is 4.74 Å². The Morgan fingerprint density at radius 3 is 2.69 bits per heavy atom. The lowest BCUT2D eigenvalue weighted by atomic mass is 10.3. The van der Waals surface area contributed by atoms with Gasteiger partial charge in [0.25, 0.3) is 0 Å². The van der Waals surface area contributed by atoms with E-state index in [1.807, 2.05) is 0 Å². The van der Waals surface area contributed by atoms with Crippen molar-refractivity contribution in [2.24, 2.45) is 0 Å². The average Bonchev–Trinajstić information content (AvgIpc) is 2.08. The Bertz CT molecular complexity index is 362. The number of phenols is 1. The molecule has 1 aromatic carbocycles. The maximum absolute atomic E-state index is 10.7. The summed E-state index contributed by atoms with van der Waals surface area (Å²) in [6, 6.07) is 4.22. The molecular formula is C8H10O4S. The summed E-state index contributed by atoms with van der Waals surface area (Å²) in [6.45, 7) is 2.03. The minimum atomic E-state index is -2.73. The van der Waals surface area contributed by atoms with Gasteiger partial charge in [0, 0.05) is 0 Å². The van der Waals surface area contributed by atoms with Crippen LogP contribution in [-0.2, 0) is 10.7 Å². The van der Waals surface area contributed by atoms with Gasteiger partial charge in [-0.1, -0.05) is 6.07 Å². The number of thiol groups is 1. The normalized spacial score (nSPS) is 10.3. The highest BCUT2D eigenvalue weighted by molar-refractivity contribution is 7.72. The van der Waals surface area contributed by atoms with Gasteiger partial charge in [-0.25, -0.2) is 8.42 Å². The lowest BCUT2D eigenvalue weighted by Crippen LogP contribution is -1.95. The quantitative estimate of drug-likeness (QED) is 0.710. The topological polar surface area (TPSA) is 63.6 Å². The highest BCUT2D eigenvalue weighted by Gasteiger charge is 2.09. The molecule has 72 valence electrons. The van der Waals surface area contributed by atoms with Crippen molar-refractivity contribution in [3.05, 3.63) is 18.2 Å². The molecule has 0 heterocycles. The van der Waals surface area contributed by atoms with E-state index < -0.39 is 10.7 Å². The molecule has 1 aromatic rings. The third kappa shape index (κ3) is 2.12. The van der Waals surface area contributed by atoms with Crippen molar-refractivity contribution in [3.63, 3.8) is 0 Å². The fourth-order valence-corrected chi connectivity index (χ4v) is 1.50. The summed E-state index contributed by atoms with van der Waals surface area (Å²) in [5.41, 5.74) is 0. The maximum atomic E-state index is 10.7. The molecule has 0 saturated carbocycles. The van der Waals surface area contributed by atoms with Gasteiger partial charge >= 0.3 is 0 Å². The Morgan fingerprint density at radius 1 is 1.46 bits per heavy atom. The monoisotopic (exact) mass is 202 g/mol. The predicted octanol–water partition coefficient (Wildman–Crippen LogP) is 0.761. The second-order valence-electron chi connectivity index (χ2n) is 2.32. The van der Waals surface area contributed by atoms with Crippen LogP contribution >= 0.6 is 0 Å². The first kappa shape index (κ1) is 9.85. The first-order valence-electron chi connectivity index (χ1n) is 3.76. The van der Waals surface area contributed by atoms with E-state index in [9.17, 15) is 13.5 Å². The van der Waals surface area contributed by atoms with E-state index in [0.29, 0.717) is 6.61 Å². The summed E-state index contributed by atoms with van der Waals surface area (Å²) in [5.74, 6) is -0.125. The van der Waals surface area contributed by atoms with Gasteiger partial charge in [-0.3, -0.25) is 0 Å². The fourth-order valence-electron chi connectivity index (χ4n) is 0.949. The van der Waals surface area contributed by atoms with Crippen molar-refractivity contribution in [3.8, 4) is 11.5 Å². The van der Waals surface area contributed by atoms with Crippen LogP contribution in [0.1, 0.15) is 6.92 Å². The summed E-state index contributed by atoms with van der Waals surface area (Å²) in [4.78, 5) is 0.0110. The molecule has 0 saturated heterocycles. The minimum Gasteiger partial charge on any atom is -0.504 e. The van der Waals surface area contributed by atoms with Crippen LogP contribution in [0.3, 0.4) is 0 Å². The number of aromatic hydroxyl groups is 1. The van der Waals surface area contributed by atoms with Crippen LogP contribution in [0.5, 0.6) is 11.5 Å². The highest BCUT2D eigenvalue weighted by Crippen LogP contribution is 2.30. The summed E-state index contributed by atoms with van der Waals surface area (Å²) in [5, 5.41) is 9.28. The second-order valence-corrected chi connectivity index (χ2v) is 3.31. The number of hydrogen-bond acceptors (Lipinski definition) is 4. The molecule has 1 N–H and O–H groups in total. The van der Waals surface area contributed by atoms with Crippen molar-refractivity contribution in [1.29, 1.82) is 0 Å². The van der Waals surface area contributed by atoms with E-state index in [0.717, 1.165) is 0 Å². The van der Waals surface area contributed by atoms with Crippen LogP contribution in [0.2, 0.25) is 0 Å². The molecule has 5 heteroatoms. The van der Waals surface area contributed by atoms with Crippen LogP contribution in [0.15, 0.2) is 23.1 Å². The molecule has 0 fully saturated rings. The van der Waals surface area contributed by atoms with E-state index in [-0.39, 0.29) is 16.4 Å². The number of benzene rings is 1. The predicted molar refractivity (Wildman–Crippen MR) is 47.9 cm³/mol. The molecule has 1 rings (SSSR count). The van der Waals surface area contributed by atoms with Crippen molar-refractivity contribution >= 4 is 10.7 Å². The van der Waals surface area contributed by atoms with Gasteiger partial charge < -0.3 is 9.84 Å².